The Kier molecular flexibility index (Phi) is 5.95. The van der Waals surface area contributed by atoms with E-state index in [2.05, 4.69) is 4.98 Å². The van der Waals surface area contributed by atoms with Crippen molar-refractivity contribution in [2.45, 2.75) is 38.4 Å². The molecule has 0 radical (unpaired) electrons. The Balaban J connectivity index is 1.75. The van der Waals surface area contributed by atoms with Gasteiger partial charge in [-0.1, -0.05) is 48.0 Å². The predicted molar refractivity (Wildman–Crippen MR) is 113 cm³/mol. The van der Waals surface area contributed by atoms with E-state index in [1.165, 1.54) is 0 Å². The molecule has 0 aliphatic carbocycles. The summed E-state index contributed by atoms with van der Waals surface area (Å²) < 4.78 is 0. The zero-order chi connectivity index (χ0) is 19.4. The van der Waals surface area contributed by atoms with Gasteiger partial charge in [-0.25, -0.2) is 4.98 Å². The van der Waals surface area contributed by atoms with Crippen LogP contribution in [0.2, 0.25) is 5.02 Å². The third-order valence-electron chi connectivity index (χ3n) is 4.45. The molecule has 0 saturated heterocycles. The number of hydrogen-bond donors (Lipinski definition) is 2. The topological polar surface area (TPSA) is 53.4 Å². The van der Waals surface area contributed by atoms with E-state index >= 15 is 0 Å². The summed E-state index contributed by atoms with van der Waals surface area (Å²) in [6, 6.07) is 17.4. The fourth-order valence-corrected chi connectivity index (χ4v) is 3.07. The average Bonchev–Trinajstić information content (AvgIpc) is 2.63. The Bertz CT molecular complexity index is 960. The molecule has 2 aromatic carbocycles. The van der Waals surface area contributed by atoms with E-state index in [0.29, 0.717) is 17.9 Å². The molecule has 1 heterocycles. The minimum atomic E-state index is -0.775. The van der Waals surface area contributed by atoms with Gasteiger partial charge in [0, 0.05) is 10.4 Å². The van der Waals surface area contributed by atoms with Crippen LogP contribution in [0.15, 0.2) is 54.6 Å². The van der Waals surface area contributed by atoms with Crippen molar-refractivity contribution >= 4 is 34.7 Å². The second-order valence-corrected chi connectivity index (χ2v) is 7.88. The quantitative estimate of drug-likeness (QED) is 0.580. The van der Waals surface area contributed by atoms with Crippen molar-refractivity contribution < 1.29 is 10.2 Å². The van der Waals surface area contributed by atoms with Gasteiger partial charge in [-0.15, -0.1) is 0 Å². The number of fused-ring (bicyclic) bond motifs is 1. The van der Waals surface area contributed by atoms with E-state index in [9.17, 15) is 10.2 Å². The molecule has 0 amide bonds. The van der Waals surface area contributed by atoms with Crippen LogP contribution in [0, 0.1) is 0 Å². The standard InChI is InChI=1S/C23H24ClNO2/c1-23(2,27)13-12-22(26)18-5-3-4-16(14-18)6-10-20-11-8-17-7-9-19(24)15-21(17)25-20/h3-11,14-15,22,26-27H,12-13H2,1-2H3/t22-/m0/s1. The second kappa shape index (κ2) is 8.22. The zero-order valence-electron chi connectivity index (χ0n) is 15.6. The molecular formula is C23H24ClNO2. The van der Waals surface area contributed by atoms with Gasteiger partial charge in [-0.05, 0) is 68.2 Å². The van der Waals surface area contributed by atoms with Gasteiger partial charge in [0.25, 0.3) is 0 Å². The van der Waals surface area contributed by atoms with E-state index in [0.717, 1.165) is 27.7 Å². The van der Waals surface area contributed by atoms with Gasteiger partial charge in [-0.3, -0.25) is 0 Å². The number of nitrogens with zero attached hydrogens (tertiary/aromatic N) is 1. The Hall–Kier alpha value is -2.20. The minimum Gasteiger partial charge on any atom is -0.390 e. The molecule has 3 rings (SSSR count). The number of benzene rings is 2. The molecule has 0 unspecified atom stereocenters. The number of pyridine rings is 1. The van der Waals surface area contributed by atoms with Gasteiger partial charge in [0.2, 0.25) is 0 Å². The van der Waals surface area contributed by atoms with Crippen LogP contribution in [0.3, 0.4) is 0 Å². The maximum atomic E-state index is 10.4. The predicted octanol–water partition coefficient (Wildman–Crippen LogP) is 5.64. The van der Waals surface area contributed by atoms with Gasteiger partial charge in [0.15, 0.2) is 0 Å². The SMILES string of the molecule is CC(C)(O)CC[C@H](O)c1cccc(C=Cc2ccc3ccc(Cl)cc3n2)c1. The monoisotopic (exact) mass is 381 g/mol. The number of rotatable bonds is 6. The third kappa shape index (κ3) is 5.64. The van der Waals surface area contributed by atoms with Crippen LogP contribution in [0.5, 0.6) is 0 Å². The van der Waals surface area contributed by atoms with Gasteiger partial charge in [0.05, 0.1) is 22.9 Å². The van der Waals surface area contributed by atoms with Crippen molar-refractivity contribution in [1.29, 1.82) is 0 Å². The summed E-state index contributed by atoms with van der Waals surface area (Å²) in [5, 5.41) is 21.9. The average molecular weight is 382 g/mol. The zero-order valence-corrected chi connectivity index (χ0v) is 16.3. The van der Waals surface area contributed by atoms with Crippen LogP contribution in [-0.4, -0.2) is 20.8 Å². The van der Waals surface area contributed by atoms with Gasteiger partial charge in [0.1, 0.15) is 0 Å². The lowest BCUT2D eigenvalue weighted by molar-refractivity contribution is 0.0485. The highest BCUT2D eigenvalue weighted by atomic mass is 35.5. The highest BCUT2D eigenvalue weighted by Gasteiger charge is 2.16. The molecule has 140 valence electrons. The highest BCUT2D eigenvalue weighted by molar-refractivity contribution is 6.31. The molecule has 0 aliphatic rings. The minimum absolute atomic E-state index is 0.518. The molecule has 4 heteroatoms. The summed E-state index contributed by atoms with van der Waals surface area (Å²) in [6.45, 7) is 3.51. The van der Waals surface area contributed by atoms with Crippen molar-refractivity contribution in [3.05, 3.63) is 76.4 Å². The molecule has 0 saturated carbocycles. The smallest absolute Gasteiger partial charge is 0.0791 e. The van der Waals surface area contributed by atoms with Crippen LogP contribution in [0.1, 0.15) is 49.6 Å². The van der Waals surface area contributed by atoms with Crippen LogP contribution < -0.4 is 0 Å². The maximum absolute atomic E-state index is 10.4. The van der Waals surface area contributed by atoms with E-state index in [4.69, 9.17) is 11.6 Å². The molecule has 3 aromatic rings. The Labute approximate surface area is 165 Å². The van der Waals surface area contributed by atoms with Crippen LogP contribution in [0.25, 0.3) is 23.1 Å². The van der Waals surface area contributed by atoms with Crippen molar-refractivity contribution in [3.8, 4) is 0 Å². The second-order valence-electron chi connectivity index (χ2n) is 7.44. The Morgan fingerprint density at radius 1 is 1.07 bits per heavy atom. The normalized spacial score (nSPS) is 13.4. The summed E-state index contributed by atoms with van der Waals surface area (Å²) in [7, 11) is 0. The van der Waals surface area contributed by atoms with E-state index in [1.54, 1.807) is 13.8 Å². The summed E-state index contributed by atoms with van der Waals surface area (Å²) in [6.07, 6.45) is 4.39. The first-order valence-electron chi connectivity index (χ1n) is 9.05. The fraction of sp³-hybridized carbons (Fsp3) is 0.261. The molecule has 0 aliphatic heterocycles. The van der Waals surface area contributed by atoms with Gasteiger partial charge >= 0.3 is 0 Å². The molecule has 0 bridgehead atoms. The first-order valence-corrected chi connectivity index (χ1v) is 9.43. The van der Waals surface area contributed by atoms with E-state index in [1.807, 2.05) is 66.7 Å². The fourth-order valence-electron chi connectivity index (χ4n) is 2.91. The molecule has 2 N–H and O–H groups in total. The molecule has 27 heavy (non-hydrogen) atoms. The Morgan fingerprint density at radius 3 is 2.63 bits per heavy atom. The molecule has 3 nitrogen and oxygen atoms in total. The summed E-state index contributed by atoms with van der Waals surface area (Å²) in [5.41, 5.74) is 2.77. The van der Waals surface area contributed by atoms with Crippen molar-refractivity contribution in [1.82, 2.24) is 4.98 Å². The highest BCUT2D eigenvalue weighted by Crippen LogP contribution is 2.24. The van der Waals surface area contributed by atoms with Crippen LogP contribution in [0.4, 0.5) is 0 Å². The largest absolute Gasteiger partial charge is 0.390 e. The molecular weight excluding hydrogens is 358 g/mol. The number of halogens is 1. The summed E-state index contributed by atoms with van der Waals surface area (Å²) >= 11 is 6.05. The van der Waals surface area contributed by atoms with Crippen molar-refractivity contribution in [2.75, 3.05) is 0 Å². The van der Waals surface area contributed by atoms with E-state index < -0.39 is 11.7 Å². The summed E-state index contributed by atoms with van der Waals surface area (Å²) in [5.74, 6) is 0. The first kappa shape index (κ1) is 19.6. The summed E-state index contributed by atoms with van der Waals surface area (Å²) in [4.78, 5) is 4.62. The molecule has 1 aromatic heterocycles. The van der Waals surface area contributed by atoms with Crippen LogP contribution in [-0.2, 0) is 0 Å². The van der Waals surface area contributed by atoms with Crippen molar-refractivity contribution in [2.24, 2.45) is 0 Å². The number of aliphatic hydroxyl groups is 2. The molecule has 0 fully saturated rings. The molecule has 1 atom stereocenters. The molecule has 0 spiro atoms. The third-order valence-corrected chi connectivity index (χ3v) is 4.68. The van der Waals surface area contributed by atoms with E-state index in [-0.39, 0.29) is 0 Å². The number of aliphatic hydroxyl groups excluding tert-OH is 1. The lowest BCUT2D eigenvalue weighted by atomic mass is 9.96. The number of aromatic nitrogens is 1. The van der Waals surface area contributed by atoms with Crippen LogP contribution >= 0.6 is 11.6 Å². The van der Waals surface area contributed by atoms with Gasteiger partial charge < -0.3 is 10.2 Å². The number of hydrogen-bond acceptors (Lipinski definition) is 3. The Morgan fingerprint density at radius 2 is 1.85 bits per heavy atom. The first-order chi connectivity index (χ1) is 12.8. The lowest BCUT2D eigenvalue weighted by Gasteiger charge is -2.19. The maximum Gasteiger partial charge on any atom is 0.0791 e. The van der Waals surface area contributed by atoms with Crippen molar-refractivity contribution in [3.63, 3.8) is 0 Å². The lowest BCUT2D eigenvalue weighted by Crippen LogP contribution is -2.19. The van der Waals surface area contributed by atoms with Gasteiger partial charge in [-0.2, -0.15) is 0 Å².